The van der Waals surface area contributed by atoms with Crippen LogP contribution in [0, 0.1) is 0 Å². The summed E-state index contributed by atoms with van der Waals surface area (Å²) < 4.78 is 10.8. The number of hydrazine groups is 1. The molecule has 0 bridgehead atoms. The molecule has 0 aromatic heterocycles. The Balaban J connectivity index is 2.38. The SMILES string of the molecule is CS(=O)CCCNC(=O)c1ccc(NN)cc1. The van der Waals surface area contributed by atoms with Crippen LogP contribution >= 0.6 is 0 Å². The Labute approximate surface area is 103 Å². The number of hydrogen-bond donors (Lipinski definition) is 3. The molecule has 94 valence electrons. The number of hydrogen-bond acceptors (Lipinski definition) is 4. The van der Waals surface area contributed by atoms with Crippen LogP contribution in [-0.2, 0) is 10.8 Å². The van der Waals surface area contributed by atoms with Crippen LogP contribution in [0.4, 0.5) is 5.69 Å². The van der Waals surface area contributed by atoms with Gasteiger partial charge in [0.25, 0.3) is 5.91 Å². The fourth-order valence-corrected chi connectivity index (χ4v) is 1.85. The fraction of sp³-hybridized carbons (Fsp3) is 0.364. The van der Waals surface area contributed by atoms with Crippen LogP contribution in [-0.4, -0.2) is 28.7 Å². The van der Waals surface area contributed by atoms with Crippen molar-refractivity contribution in [2.45, 2.75) is 6.42 Å². The van der Waals surface area contributed by atoms with E-state index < -0.39 is 10.8 Å². The quantitative estimate of drug-likeness (QED) is 0.392. The summed E-state index contributed by atoms with van der Waals surface area (Å²) in [4.78, 5) is 11.7. The third-order valence-electron chi connectivity index (χ3n) is 2.21. The highest BCUT2D eigenvalue weighted by atomic mass is 32.2. The lowest BCUT2D eigenvalue weighted by Crippen LogP contribution is -2.25. The number of benzene rings is 1. The molecule has 1 rings (SSSR count). The molecule has 1 amide bonds. The van der Waals surface area contributed by atoms with Crippen molar-refractivity contribution in [2.75, 3.05) is 24.0 Å². The van der Waals surface area contributed by atoms with Gasteiger partial charge in [0.05, 0.1) is 0 Å². The number of rotatable bonds is 6. The van der Waals surface area contributed by atoms with E-state index in [1.54, 1.807) is 30.5 Å². The molecule has 0 radical (unpaired) electrons. The molecular formula is C11H17N3O2S. The smallest absolute Gasteiger partial charge is 0.251 e. The lowest BCUT2D eigenvalue weighted by atomic mass is 10.2. The van der Waals surface area contributed by atoms with Gasteiger partial charge in [-0.3, -0.25) is 14.8 Å². The highest BCUT2D eigenvalue weighted by molar-refractivity contribution is 7.84. The Hall–Kier alpha value is -1.40. The summed E-state index contributed by atoms with van der Waals surface area (Å²) in [6.07, 6.45) is 2.37. The second kappa shape index (κ2) is 7.03. The van der Waals surface area contributed by atoms with Crippen molar-refractivity contribution in [2.24, 2.45) is 5.84 Å². The fourth-order valence-electron chi connectivity index (χ4n) is 1.30. The van der Waals surface area contributed by atoms with E-state index in [4.69, 9.17) is 5.84 Å². The van der Waals surface area contributed by atoms with Gasteiger partial charge in [0.15, 0.2) is 0 Å². The predicted molar refractivity (Wildman–Crippen MR) is 70.1 cm³/mol. The predicted octanol–water partition coefficient (Wildman–Crippen LogP) is 0.471. The zero-order valence-electron chi connectivity index (χ0n) is 9.73. The van der Waals surface area contributed by atoms with Crippen LogP contribution in [0.5, 0.6) is 0 Å². The van der Waals surface area contributed by atoms with E-state index in [1.165, 1.54) is 0 Å². The van der Waals surface area contributed by atoms with Gasteiger partial charge in [-0.05, 0) is 30.7 Å². The third kappa shape index (κ3) is 4.97. The van der Waals surface area contributed by atoms with Crippen LogP contribution in [0.2, 0.25) is 0 Å². The first-order valence-corrected chi connectivity index (χ1v) is 7.01. The zero-order valence-corrected chi connectivity index (χ0v) is 10.5. The molecule has 0 aliphatic heterocycles. The number of amides is 1. The number of nitrogens with one attached hydrogen (secondary N) is 2. The molecule has 1 atom stereocenters. The Morgan fingerprint density at radius 2 is 2.00 bits per heavy atom. The summed E-state index contributed by atoms with van der Waals surface area (Å²) in [5, 5.41) is 2.77. The van der Waals surface area contributed by atoms with Crippen LogP contribution in [0.3, 0.4) is 0 Å². The Bertz CT molecular complexity index is 392. The van der Waals surface area contributed by atoms with E-state index in [2.05, 4.69) is 10.7 Å². The molecule has 1 unspecified atom stereocenters. The van der Waals surface area contributed by atoms with Crippen molar-refractivity contribution < 1.29 is 9.00 Å². The number of anilines is 1. The highest BCUT2D eigenvalue weighted by Crippen LogP contribution is 2.07. The molecule has 0 saturated carbocycles. The van der Waals surface area contributed by atoms with Gasteiger partial charge in [-0.1, -0.05) is 0 Å². The Kier molecular flexibility index (Phi) is 5.65. The molecule has 0 aliphatic rings. The van der Waals surface area contributed by atoms with Crippen LogP contribution < -0.4 is 16.6 Å². The molecule has 0 spiro atoms. The first kappa shape index (κ1) is 13.7. The van der Waals surface area contributed by atoms with Crippen molar-refractivity contribution in [1.29, 1.82) is 0 Å². The number of nitrogens with two attached hydrogens (primary N) is 1. The van der Waals surface area contributed by atoms with Gasteiger partial charge in [-0.15, -0.1) is 0 Å². The minimum Gasteiger partial charge on any atom is -0.352 e. The van der Waals surface area contributed by atoms with Crippen molar-refractivity contribution in [1.82, 2.24) is 5.32 Å². The normalized spacial score (nSPS) is 11.9. The summed E-state index contributed by atoms with van der Waals surface area (Å²) in [7, 11) is -0.803. The Morgan fingerprint density at radius 3 is 2.53 bits per heavy atom. The lowest BCUT2D eigenvalue weighted by Gasteiger charge is -2.05. The van der Waals surface area contributed by atoms with Gasteiger partial charge >= 0.3 is 0 Å². The van der Waals surface area contributed by atoms with E-state index in [9.17, 15) is 9.00 Å². The Morgan fingerprint density at radius 1 is 1.35 bits per heavy atom. The monoisotopic (exact) mass is 255 g/mol. The van der Waals surface area contributed by atoms with Crippen molar-refractivity contribution in [3.63, 3.8) is 0 Å². The summed E-state index contributed by atoms with van der Waals surface area (Å²) in [5.41, 5.74) is 3.83. The number of carbonyl (C=O) groups excluding carboxylic acids is 1. The first-order chi connectivity index (χ1) is 8.13. The lowest BCUT2D eigenvalue weighted by molar-refractivity contribution is 0.0954. The van der Waals surface area contributed by atoms with Gasteiger partial charge in [0.2, 0.25) is 0 Å². The molecule has 0 saturated heterocycles. The highest BCUT2D eigenvalue weighted by Gasteiger charge is 2.04. The van der Waals surface area contributed by atoms with Crippen molar-refractivity contribution in [3.8, 4) is 0 Å². The number of carbonyl (C=O) groups is 1. The molecular weight excluding hydrogens is 238 g/mol. The van der Waals surface area contributed by atoms with Crippen molar-refractivity contribution >= 4 is 22.4 Å². The van der Waals surface area contributed by atoms with Gasteiger partial charge in [-0.2, -0.15) is 0 Å². The third-order valence-corrected chi connectivity index (χ3v) is 3.07. The standard InChI is InChI=1S/C11H17N3O2S/c1-17(16)8-2-7-13-11(15)9-3-5-10(14-12)6-4-9/h3-6,14H,2,7-8,12H2,1H3,(H,13,15). The molecule has 0 heterocycles. The second-order valence-electron chi connectivity index (χ2n) is 3.61. The average molecular weight is 255 g/mol. The van der Waals surface area contributed by atoms with Gasteiger partial charge in [0, 0.05) is 40.6 Å². The molecule has 1 aromatic carbocycles. The summed E-state index contributed by atoms with van der Waals surface area (Å²) in [5.74, 6) is 5.70. The second-order valence-corrected chi connectivity index (χ2v) is 5.16. The summed E-state index contributed by atoms with van der Waals surface area (Å²) in [6, 6.07) is 6.86. The minimum atomic E-state index is -0.803. The van der Waals surface area contributed by atoms with Gasteiger partial charge in [-0.25, -0.2) is 0 Å². The van der Waals surface area contributed by atoms with E-state index in [1.807, 2.05) is 0 Å². The molecule has 1 aromatic rings. The maximum absolute atomic E-state index is 11.7. The summed E-state index contributed by atoms with van der Waals surface area (Å²) in [6.45, 7) is 0.537. The zero-order chi connectivity index (χ0) is 12.7. The largest absolute Gasteiger partial charge is 0.352 e. The van der Waals surface area contributed by atoms with Crippen LogP contribution in [0.15, 0.2) is 24.3 Å². The van der Waals surface area contributed by atoms with Crippen LogP contribution in [0.1, 0.15) is 16.8 Å². The maximum Gasteiger partial charge on any atom is 0.251 e. The van der Waals surface area contributed by atoms with Gasteiger partial charge < -0.3 is 10.7 Å². The van der Waals surface area contributed by atoms with Gasteiger partial charge in [0.1, 0.15) is 0 Å². The molecule has 0 aliphatic carbocycles. The molecule has 4 N–H and O–H groups in total. The summed E-state index contributed by atoms with van der Waals surface area (Å²) >= 11 is 0. The van der Waals surface area contributed by atoms with E-state index in [-0.39, 0.29) is 5.91 Å². The van der Waals surface area contributed by atoms with E-state index in [0.717, 1.165) is 12.1 Å². The van der Waals surface area contributed by atoms with Crippen LogP contribution in [0.25, 0.3) is 0 Å². The maximum atomic E-state index is 11.7. The molecule has 6 heteroatoms. The molecule has 0 fully saturated rings. The van der Waals surface area contributed by atoms with Crippen molar-refractivity contribution in [3.05, 3.63) is 29.8 Å². The van der Waals surface area contributed by atoms with E-state index in [0.29, 0.717) is 17.9 Å². The molecule has 17 heavy (non-hydrogen) atoms. The number of nitrogen functional groups attached to an aromatic ring is 1. The van der Waals surface area contributed by atoms with E-state index >= 15 is 0 Å². The topological polar surface area (TPSA) is 84.2 Å². The average Bonchev–Trinajstić information content (AvgIpc) is 2.34. The first-order valence-electron chi connectivity index (χ1n) is 5.28. The minimum absolute atomic E-state index is 0.129. The molecule has 5 nitrogen and oxygen atoms in total.